The smallest absolute Gasteiger partial charge is 0.338 e. The molecule has 1 aliphatic rings. The highest BCUT2D eigenvalue weighted by atomic mass is 16.6. The molecule has 5 nitrogen and oxygen atoms in total. The van der Waals surface area contributed by atoms with E-state index in [2.05, 4.69) is 5.32 Å². The number of benzene rings is 1. The van der Waals surface area contributed by atoms with Crippen molar-refractivity contribution in [2.24, 2.45) is 0 Å². The van der Waals surface area contributed by atoms with E-state index in [-0.39, 0.29) is 18.0 Å². The van der Waals surface area contributed by atoms with Crippen LogP contribution in [0.4, 0.5) is 5.69 Å². The molecule has 0 aliphatic carbocycles. The van der Waals surface area contributed by atoms with Crippen LogP contribution in [0.25, 0.3) is 0 Å². The maximum Gasteiger partial charge on any atom is 0.338 e. The minimum Gasteiger partial charge on any atom is -0.459 e. The van der Waals surface area contributed by atoms with Gasteiger partial charge in [-0.2, -0.15) is 0 Å². The Kier molecular flexibility index (Phi) is 5.12. The third kappa shape index (κ3) is 4.35. The van der Waals surface area contributed by atoms with Gasteiger partial charge < -0.3 is 14.8 Å². The Balaban J connectivity index is 1.83. The number of ether oxygens (including phenoxy) is 2. The fraction of sp³-hybridized carbons (Fsp3) is 0.467. The number of anilines is 1. The maximum absolute atomic E-state index is 11.9. The van der Waals surface area contributed by atoms with E-state index in [1.807, 2.05) is 0 Å². The molecule has 0 radical (unpaired) electrons. The van der Waals surface area contributed by atoms with Crippen molar-refractivity contribution >= 4 is 17.6 Å². The van der Waals surface area contributed by atoms with E-state index in [0.29, 0.717) is 17.9 Å². The molecule has 20 heavy (non-hydrogen) atoms. The molecule has 2 rings (SSSR count). The highest BCUT2D eigenvalue weighted by Gasteiger charge is 2.16. The van der Waals surface area contributed by atoms with Crippen LogP contribution in [-0.4, -0.2) is 31.2 Å². The number of hydrogen-bond acceptors (Lipinski definition) is 4. The molecule has 0 bridgehead atoms. The molecule has 0 saturated carbocycles. The van der Waals surface area contributed by atoms with Gasteiger partial charge in [-0.3, -0.25) is 4.79 Å². The summed E-state index contributed by atoms with van der Waals surface area (Å²) in [4.78, 5) is 22.7. The third-order valence-corrected chi connectivity index (χ3v) is 3.12. The number of amides is 1. The van der Waals surface area contributed by atoms with Crippen molar-refractivity contribution in [1.82, 2.24) is 0 Å². The minimum atomic E-state index is -0.367. The molecule has 1 N–H and O–H groups in total. The number of esters is 1. The van der Waals surface area contributed by atoms with Crippen LogP contribution in [-0.2, 0) is 14.3 Å². The molecule has 1 amide bonds. The van der Waals surface area contributed by atoms with Gasteiger partial charge in [0.2, 0.25) is 5.91 Å². The van der Waals surface area contributed by atoms with E-state index < -0.39 is 0 Å². The van der Waals surface area contributed by atoms with Gasteiger partial charge in [0.25, 0.3) is 0 Å². The average molecular weight is 277 g/mol. The third-order valence-electron chi connectivity index (χ3n) is 3.12. The summed E-state index contributed by atoms with van der Waals surface area (Å²) < 4.78 is 10.7. The molecule has 1 atom stereocenters. The fourth-order valence-corrected chi connectivity index (χ4v) is 2.08. The van der Waals surface area contributed by atoms with Crippen molar-refractivity contribution in [2.75, 3.05) is 18.5 Å². The molecule has 1 aromatic carbocycles. The van der Waals surface area contributed by atoms with Crippen molar-refractivity contribution in [3.05, 3.63) is 29.8 Å². The molecule has 5 heteroatoms. The fourth-order valence-electron chi connectivity index (χ4n) is 2.08. The SMILES string of the molecule is CC(=O)Nc1ccc(C(=O)OCC2CCCCO2)cc1. The monoisotopic (exact) mass is 277 g/mol. The summed E-state index contributed by atoms with van der Waals surface area (Å²) >= 11 is 0. The van der Waals surface area contributed by atoms with Crippen molar-refractivity contribution in [2.45, 2.75) is 32.3 Å². The quantitative estimate of drug-likeness (QED) is 0.858. The molecule has 1 heterocycles. The second-order valence-corrected chi connectivity index (χ2v) is 4.85. The molecule has 1 aliphatic heterocycles. The van der Waals surface area contributed by atoms with Crippen LogP contribution in [0.15, 0.2) is 24.3 Å². The summed E-state index contributed by atoms with van der Waals surface area (Å²) in [6.45, 7) is 2.48. The zero-order chi connectivity index (χ0) is 14.4. The number of carbonyl (C=O) groups excluding carboxylic acids is 2. The zero-order valence-corrected chi connectivity index (χ0v) is 11.6. The van der Waals surface area contributed by atoms with E-state index in [4.69, 9.17) is 9.47 Å². The molecule has 0 spiro atoms. The van der Waals surface area contributed by atoms with Crippen molar-refractivity contribution in [3.8, 4) is 0 Å². The summed E-state index contributed by atoms with van der Waals surface area (Å²) in [5.41, 5.74) is 1.12. The van der Waals surface area contributed by atoms with E-state index in [1.165, 1.54) is 6.92 Å². The Morgan fingerprint density at radius 1 is 1.30 bits per heavy atom. The maximum atomic E-state index is 11.9. The lowest BCUT2D eigenvalue weighted by atomic mass is 10.1. The summed E-state index contributed by atoms with van der Waals surface area (Å²) in [5.74, 6) is -0.511. The average Bonchev–Trinajstić information content (AvgIpc) is 2.46. The summed E-state index contributed by atoms with van der Waals surface area (Å²) in [7, 11) is 0. The van der Waals surface area contributed by atoms with Crippen molar-refractivity contribution < 1.29 is 19.1 Å². The standard InChI is InChI=1S/C15H19NO4/c1-11(17)16-13-7-5-12(6-8-13)15(18)20-10-14-4-2-3-9-19-14/h5-8,14H,2-4,9-10H2,1H3,(H,16,17). The van der Waals surface area contributed by atoms with Gasteiger partial charge in [-0.25, -0.2) is 4.79 Å². The van der Waals surface area contributed by atoms with Crippen LogP contribution in [0.3, 0.4) is 0 Å². The number of nitrogens with one attached hydrogen (secondary N) is 1. The van der Waals surface area contributed by atoms with Gasteiger partial charge in [-0.1, -0.05) is 0 Å². The second kappa shape index (κ2) is 7.05. The lowest BCUT2D eigenvalue weighted by Gasteiger charge is -2.22. The zero-order valence-electron chi connectivity index (χ0n) is 11.6. The predicted molar refractivity (Wildman–Crippen MR) is 74.6 cm³/mol. The second-order valence-electron chi connectivity index (χ2n) is 4.85. The Hall–Kier alpha value is -1.88. The van der Waals surface area contributed by atoms with Crippen LogP contribution in [0.1, 0.15) is 36.5 Å². The predicted octanol–water partition coefficient (Wildman–Crippen LogP) is 2.37. The summed E-state index contributed by atoms with van der Waals surface area (Å²) in [5, 5.41) is 2.64. The van der Waals surface area contributed by atoms with Gasteiger partial charge in [0.05, 0.1) is 11.7 Å². The Morgan fingerprint density at radius 3 is 2.65 bits per heavy atom. The summed E-state index contributed by atoms with van der Waals surface area (Å²) in [6, 6.07) is 6.62. The summed E-state index contributed by atoms with van der Waals surface area (Å²) in [6.07, 6.45) is 3.16. The van der Waals surface area contributed by atoms with Gasteiger partial charge in [0.15, 0.2) is 0 Å². The van der Waals surface area contributed by atoms with E-state index in [9.17, 15) is 9.59 Å². The molecule has 1 saturated heterocycles. The lowest BCUT2D eigenvalue weighted by molar-refractivity contribution is -0.114. The van der Waals surface area contributed by atoms with Gasteiger partial charge in [-0.05, 0) is 43.5 Å². The number of rotatable bonds is 4. The van der Waals surface area contributed by atoms with E-state index >= 15 is 0 Å². The number of carbonyl (C=O) groups is 2. The Labute approximate surface area is 118 Å². The molecule has 108 valence electrons. The highest BCUT2D eigenvalue weighted by molar-refractivity contribution is 5.92. The van der Waals surface area contributed by atoms with Crippen LogP contribution < -0.4 is 5.32 Å². The van der Waals surface area contributed by atoms with Gasteiger partial charge in [0.1, 0.15) is 6.61 Å². The molecule has 0 aromatic heterocycles. The van der Waals surface area contributed by atoms with Crippen molar-refractivity contribution in [3.63, 3.8) is 0 Å². The molecule has 1 fully saturated rings. The lowest BCUT2D eigenvalue weighted by Crippen LogP contribution is -2.25. The van der Waals surface area contributed by atoms with Crippen molar-refractivity contribution in [1.29, 1.82) is 0 Å². The Morgan fingerprint density at radius 2 is 2.05 bits per heavy atom. The first kappa shape index (κ1) is 14.5. The van der Waals surface area contributed by atoms with Crippen LogP contribution >= 0.6 is 0 Å². The molecule has 1 aromatic rings. The molecular weight excluding hydrogens is 258 g/mol. The minimum absolute atomic E-state index is 0.0198. The Bertz CT molecular complexity index is 463. The van der Waals surface area contributed by atoms with Gasteiger partial charge in [0, 0.05) is 19.2 Å². The first-order valence-corrected chi connectivity index (χ1v) is 6.81. The first-order valence-electron chi connectivity index (χ1n) is 6.81. The van der Waals surface area contributed by atoms with Gasteiger partial charge >= 0.3 is 5.97 Å². The van der Waals surface area contributed by atoms with E-state index in [0.717, 1.165) is 25.9 Å². The van der Waals surface area contributed by atoms with Crippen LogP contribution in [0.5, 0.6) is 0 Å². The molecule has 1 unspecified atom stereocenters. The highest BCUT2D eigenvalue weighted by Crippen LogP contribution is 2.14. The molecular formula is C15H19NO4. The first-order chi connectivity index (χ1) is 9.65. The van der Waals surface area contributed by atoms with E-state index in [1.54, 1.807) is 24.3 Å². The number of hydrogen-bond donors (Lipinski definition) is 1. The van der Waals surface area contributed by atoms with Crippen LogP contribution in [0.2, 0.25) is 0 Å². The normalized spacial score (nSPS) is 18.4. The largest absolute Gasteiger partial charge is 0.459 e. The topological polar surface area (TPSA) is 64.6 Å². The van der Waals surface area contributed by atoms with Gasteiger partial charge in [-0.15, -0.1) is 0 Å². The van der Waals surface area contributed by atoms with Crippen LogP contribution in [0, 0.1) is 0 Å².